The van der Waals surface area contributed by atoms with Crippen LogP contribution in [0.2, 0.25) is 0 Å². The lowest BCUT2D eigenvalue weighted by atomic mass is 9.98. The van der Waals surface area contributed by atoms with Crippen molar-refractivity contribution >= 4 is 32.7 Å². The Morgan fingerprint density at radius 2 is 2.03 bits per heavy atom. The molecule has 35 heavy (non-hydrogen) atoms. The summed E-state index contributed by atoms with van der Waals surface area (Å²) in [6.45, 7) is 3.56. The third-order valence-electron chi connectivity index (χ3n) is 5.95. The van der Waals surface area contributed by atoms with E-state index in [0.29, 0.717) is 16.6 Å². The number of hydrogen-bond acceptors (Lipinski definition) is 5. The first kappa shape index (κ1) is 24.8. The van der Waals surface area contributed by atoms with Gasteiger partial charge in [0.15, 0.2) is 5.82 Å². The average Bonchev–Trinajstić information content (AvgIpc) is 3.28. The first-order chi connectivity index (χ1) is 16.7. The van der Waals surface area contributed by atoms with Gasteiger partial charge in [0.05, 0.1) is 11.3 Å². The highest BCUT2D eigenvalue weighted by molar-refractivity contribution is 7.90. The van der Waals surface area contributed by atoms with Gasteiger partial charge in [0.2, 0.25) is 5.78 Å². The summed E-state index contributed by atoms with van der Waals surface area (Å²) >= 11 is 0. The van der Waals surface area contributed by atoms with Crippen molar-refractivity contribution in [2.45, 2.75) is 19.8 Å². The molecule has 0 bridgehead atoms. The maximum absolute atomic E-state index is 15.2. The molecule has 4 rings (SSSR count). The number of halogens is 2. The molecule has 3 N–H and O–H groups in total. The fourth-order valence-electron chi connectivity index (χ4n) is 3.77. The molecule has 1 fully saturated rings. The monoisotopic (exact) mass is 501 g/mol. The van der Waals surface area contributed by atoms with E-state index in [9.17, 15) is 17.6 Å². The number of anilines is 1. The van der Waals surface area contributed by atoms with Gasteiger partial charge in [-0.3, -0.25) is 9.52 Å². The molecule has 0 unspecified atom stereocenters. The minimum Gasteiger partial charge on any atom is -0.345 e. The number of rotatable bonds is 6. The minimum absolute atomic E-state index is 0.00139. The van der Waals surface area contributed by atoms with E-state index in [4.69, 9.17) is 0 Å². The number of fused-ring (bicyclic) bond motifs is 1. The van der Waals surface area contributed by atoms with Crippen molar-refractivity contribution in [3.63, 3.8) is 0 Å². The van der Waals surface area contributed by atoms with Crippen molar-refractivity contribution in [1.82, 2.24) is 19.6 Å². The predicted molar refractivity (Wildman–Crippen MR) is 129 cm³/mol. The Balaban J connectivity index is 1.69. The molecule has 0 atom stereocenters. The Kier molecular flexibility index (Phi) is 7.16. The topological polar surface area (TPSA) is 107 Å². The lowest BCUT2D eigenvalue weighted by Gasteiger charge is -2.17. The second kappa shape index (κ2) is 10.1. The Morgan fingerprint density at radius 3 is 2.74 bits per heavy atom. The second-order valence-corrected chi connectivity index (χ2v) is 10.0. The normalized spacial score (nSPS) is 14.7. The number of ketones is 1. The van der Waals surface area contributed by atoms with Gasteiger partial charge < -0.3 is 10.3 Å². The Labute approximate surface area is 202 Å². The summed E-state index contributed by atoms with van der Waals surface area (Å²) < 4.78 is 57.5. The van der Waals surface area contributed by atoms with Gasteiger partial charge in [-0.15, -0.1) is 0 Å². The van der Waals surface area contributed by atoms with Crippen LogP contribution < -0.4 is 10.0 Å². The largest absolute Gasteiger partial charge is 0.345 e. The SMILES string of the molecule is CCN(C)S(=O)(=O)Nc1ccc(F)c(C(=O)c2c[nH]c3ncc(C#CC4CCNCC4)cc23)c1F. The van der Waals surface area contributed by atoms with Gasteiger partial charge in [-0.1, -0.05) is 18.8 Å². The minimum atomic E-state index is -4.08. The number of nitrogens with zero attached hydrogens (tertiary/aromatic N) is 2. The van der Waals surface area contributed by atoms with E-state index in [2.05, 4.69) is 31.8 Å². The number of aromatic nitrogens is 2. The molecule has 1 aliphatic heterocycles. The summed E-state index contributed by atoms with van der Waals surface area (Å²) in [6, 6.07) is 3.44. The fraction of sp³-hybridized carbons (Fsp3) is 0.333. The van der Waals surface area contributed by atoms with Crippen molar-refractivity contribution in [2.24, 2.45) is 5.92 Å². The van der Waals surface area contributed by atoms with E-state index >= 15 is 4.39 Å². The third-order valence-corrected chi connectivity index (χ3v) is 7.50. The van der Waals surface area contributed by atoms with Gasteiger partial charge in [-0.2, -0.15) is 12.7 Å². The van der Waals surface area contributed by atoms with E-state index < -0.39 is 38.9 Å². The number of nitrogens with one attached hydrogen (secondary N) is 3. The van der Waals surface area contributed by atoms with Crippen LogP contribution in [0.1, 0.15) is 41.3 Å². The first-order valence-electron chi connectivity index (χ1n) is 11.2. The number of aromatic amines is 1. The maximum Gasteiger partial charge on any atom is 0.301 e. The van der Waals surface area contributed by atoms with Crippen LogP contribution in [0.5, 0.6) is 0 Å². The van der Waals surface area contributed by atoms with E-state index in [1.165, 1.54) is 13.2 Å². The second-order valence-electron chi connectivity index (χ2n) is 8.25. The molecule has 1 aromatic carbocycles. The molecule has 3 heterocycles. The van der Waals surface area contributed by atoms with Crippen molar-refractivity contribution < 1.29 is 22.0 Å². The van der Waals surface area contributed by atoms with Crippen molar-refractivity contribution in [1.29, 1.82) is 0 Å². The highest BCUT2D eigenvalue weighted by Gasteiger charge is 2.26. The molecule has 11 heteroatoms. The van der Waals surface area contributed by atoms with Gasteiger partial charge in [-0.05, 0) is 44.1 Å². The summed E-state index contributed by atoms with van der Waals surface area (Å²) in [5.74, 6) is 3.22. The smallest absolute Gasteiger partial charge is 0.301 e. The van der Waals surface area contributed by atoms with E-state index in [1.54, 1.807) is 19.2 Å². The summed E-state index contributed by atoms with van der Waals surface area (Å²) in [7, 11) is -2.77. The van der Waals surface area contributed by atoms with E-state index in [0.717, 1.165) is 42.4 Å². The lowest BCUT2D eigenvalue weighted by molar-refractivity contribution is 0.103. The quantitative estimate of drug-likeness (QED) is 0.356. The van der Waals surface area contributed by atoms with Gasteiger partial charge in [0.1, 0.15) is 11.5 Å². The zero-order valence-electron chi connectivity index (χ0n) is 19.3. The molecule has 0 aliphatic carbocycles. The van der Waals surface area contributed by atoms with Crippen LogP contribution in [0, 0.1) is 29.4 Å². The number of H-pyrrole nitrogens is 1. The molecule has 0 amide bonds. The number of benzene rings is 1. The molecule has 0 spiro atoms. The molecule has 3 aromatic rings. The zero-order valence-corrected chi connectivity index (χ0v) is 20.1. The van der Waals surface area contributed by atoms with Crippen LogP contribution in [-0.4, -0.2) is 55.2 Å². The first-order valence-corrected chi connectivity index (χ1v) is 12.6. The molecule has 1 aliphatic rings. The standard InChI is InChI=1S/C24H25F2N5O3S/c1-3-31(2)35(33,34)30-20-7-6-19(25)21(22(20)26)23(32)18-14-29-24-17(18)12-16(13-28-24)5-4-15-8-10-27-11-9-15/h6-7,12-15,27,30H,3,8-11H2,1-2H3,(H,28,29). The highest BCUT2D eigenvalue weighted by Crippen LogP contribution is 2.28. The Hall–Kier alpha value is -3.33. The molecular formula is C24H25F2N5O3S. The molecular weight excluding hydrogens is 476 g/mol. The van der Waals surface area contributed by atoms with E-state index in [-0.39, 0.29) is 18.0 Å². The third kappa shape index (κ3) is 5.19. The lowest BCUT2D eigenvalue weighted by Crippen LogP contribution is -2.32. The number of piperidine rings is 1. The van der Waals surface area contributed by atoms with Gasteiger partial charge in [-0.25, -0.2) is 13.8 Å². The molecule has 2 aromatic heterocycles. The predicted octanol–water partition coefficient (Wildman–Crippen LogP) is 3.03. The number of carbonyl (C=O) groups excluding carboxylic acids is 1. The Bertz CT molecular complexity index is 1440. The van der Waals surface area contributed by atoms with Crippen LogP contribution in [0.25, 0.3) is 11.0 Å². The van der Waals surface area contributed by atoms with Gasteiger partial charge >= 0.3 is 10.2 Å². The van der Waals surface area contributed by atoms with Crippen LogP contribution in [0.3, 0.4) is 0 Å². The average molecular weight is 502 g/mol. The van der Waals surface area contributed by atoms with E-state index in [1.807, 2.05) is 0 Å². The summed E-state index contributed by atoms with van der Waals surface area (Å²) in [5, 5.41) is 3.64. The number of hydrogen-bond donors (Lipinski definition) is 3. The Morgan fingerprint density at radius 1 is 1.29 bits per heavy atom. The van der Waals surface area contributed by atoms with Crippen molar-refractivity contribution in [3.05, 3.63) is 58.9 Å². The molecule has 184 valence electrons. The van der Waals surface area contributed by atoms with Crippen LogP contribution in [0.15, 0.2) is 30.6 Å². The van der Waals surface area contributed by atoms with Crippen LogP contribution in [0.4, 0.5) is 14.5 Å². The van der Waals surface area contributed by atoms with Gasteiger partial charge in [0.25, 0.3) is 0 Å². The van der Waals surface area contributed by atoms with Crippen LogP contribution >= 0.6 is 0 Å². The van der Waals surface area contributed by atoms with Crippen LogP contribution in [-0.2, 0) is 10.2 Å². The molecule has 0 radical (unpaired) electrons. The number of carbonyl (C=O) groups is 1. The summed E-state index contributed by atoms with van der Waals surface area (Å²) in [6.07, 6.45) is 4.79. The zero-order chi connectivity index (χ0) is 25.2. The fourth-order valence-corrected chi connectivity index (χ4v) is 4.70. The summed E-state index contributed by atoms with van der Waals surface area (Å²) in [4.78, 5) is 20.3. The summed E-state index contributed by atoms with van der Waals surface area (Å²) in [5.41, 5.74) is -0.447. The van der Waals surface area contributed by atoms with Gasteiger partial charge in [0, 0.05) is 48.4 Å². The number of pyridine rings is 1. The molecule has 0 saturated carbocycles. The van der Waals surface area contributed by atoms with Crippen molar-refractivity contribution in [3.8, 4) is 11.8 Å². The molecule has 1 saturated heterocycles. The van der Waals surface area contributed by atoms with Crippen molar-refractivity contribution in [2.75, 3.05) is 31.4 Å². The highest BCUT2D eigenvalue weighted by atomic mass is 32.2. The maximum atomic E-state index is 15.2. The molecule has 8 nitrogen and oxygen atoms in total.